The number of hydrogen-bond donors (Lipinski definition) is 1. The Labute approximate surface area is 196 Å². The summed E-state index contributed by atoms with van der Waals surface area (Å²) in [5.74, 6) is 0.270. The van der Waals surface area contributed by atoms with Gasteiger partial charge in [0.2, 0.25) is 5.91 Å². The summed E-state index contributed by atoms with van der Waals surface area (Å²) in [6.45, 7) is 6.18. The number of nitrogens with zero attached hydrogens (tertiary/aromatic N) is 1. The molecule has 0 bridgehead atoms. The Balaban J connectivity index is 1.73. The molecule has 0 aliphatic heterocycles. The van der Waals surface area contributed by atoms with Crippen molar-refractivity contribution in [3.63, 3.8) is 0 Å². The van der Waals surface area contributed by atoms with E-state index < -0.39 is 6.04 Å². The van der Waals surface area contributed by atoms with Gasteiger partial charge in [0.1, 0.15) is 17.6 Å². The van der Waals surface area contributed by atoms with Crippen LogP contribution in [0.2, 0.25) is 0 Å². The van der Waals surface area contributed by atoms with Gasteiger partial charge in [0.05, 0.1) is 0 Å². The SMILES string of the molecule is CC[C@H](C(=O)NC1CCCC1)N(Cc1ccc(F)cc1)C(=O)COc1ccc(C(C)C)cc1. The van der Waals surface area contributed by atoms with Gasteiger partial charge in [-0.15, -0.1) is 0 Å². The summed E-state index contributed by atoms with van der Waals surface area (Å²) in [6.07, 6.45) is 4.66. The zero-order valence-electron chi connectivity index (χ0n) is 19.9. The molecule has 1 N–H and O–H groups in total. The van der Waals surface area contributed by atoms with Crippen LogP contribution in [-0.4, -0.2) is 35.4 Å². The van der Waals surface area contributed by atoms with Crippen LogP contribution in [0.4, 0.5) is 4.39 Å². The van der Waals surface area contributed by atoms with E-state index in [1.54, 1.807) is 17.0 Å². The Kier molecular flexibility index (Phi) is 8.87. The summed E-state index contributed by atoms with van der Waals surface area (Å²) in [4.78, 5) is 27.9. The summed E-state index contributed by atoms with van der Waals surface area (Å²) in [5.41, 5.74) is 1.96. The molecule has 1 saturated carbocycles. The van der Waals surface area contributed by atoms with Crippen LogP contribution in [0, 0.1) is 5.82 Å². The van der Waals surface area contributed by atoms with Gasteiger partial charge in [-0.2, -0.15) is 0 Å². The summed E-state index contributed by atoms with van der Waals surface area (Å²) in [6, 6.07) is 13.3. The van der Waals surface area contributed by atoms with Crippen LogP contribution in [0.15, 0.2) is 48.5 Å². The molecule has 0 radical (unpaired) electrons. The molecule has 3 rings (SSSR count). The lowest BCUT2D eigenvalue weighted by molar-refractivity contribution is -0.143. The van der Waals surface area contributed by atoms with E-state index in [1.807, 2.05) is 31.2 Å². The quantitative estimate of drug-likeness (QED) is 0.537. The molecule has 2 aromatic rings. The fourth-order valence-electron chi connectivity index (χ4n) is 4.25. The van der Waals surface area contributed by atoms with Crippen molar-refractivity contribution in [3.05, 3.63) is 65.5 Å². The molecule has 0 spiro atoms. The van der Waals surface area contributed by atoms with Crippen molar-refractivity contribution in [3.8, 4) is 5.75 Å². The lowest BCUT2D eigenvalue weighted by Gasteiger charge is -2.31. The van der Waals surface area contributed by atoms with E-state index >= 15 is 0 Å². The van der Waals surface area contributed by atoms with Gasteiger partial charge in [0, 0.05) is 12.6 Å². The van der Waals surface area contributed by atoms with Crippen molar-refractivity contribution in [2.45, 2.75) is 77.4 Å². The van der Waals surface area contributed by atoms with E-state index in [0.29, 0.717) is 18.1 Å². The average Bonchev–Trinajstić information content (AvgIpc) is 3.32. The summed E-state index contributed by atoms with van der Waals surface area (Å²) < 4.78 is 19.2. The molecule has 2 aromatic carbocycles. The van der Waals surface area contributed by atoms with Crippen molar-refractivity contribution < 1.29 is 18.7 Å². The third kappa shape index (κ3) is 7.04. The maximum absolute atomic E-state index is 13.4. The first-order valence-electron chi connectivity index (χ1n) is 11.9. The summed E-state index contributed by atoms with van der Waals surface area (Å²) in [5, 5.41) is 3.12. The van der Waals surface area contributed by atoms with E-state index in [9.17, 15) is 14.0 Å². The van der Waals surface area contributed by atoms with E-state index in [-0.39, 0.29) is 36.8 Å². The van der Waals surface area contributed by atoms with Crippen LogP contribution < -0.4 is 10.1 Å². The smallest absolute Gasteiger partial charge is 0.261 e. The van der Waals surface area contributed by atoms with Gasteiger partial charge in [0.15, 0.2) is 6.61 Å². The Morgan fingerprint density at radius 2 is 1.70 bits per heavy atom. The number of rotatable bonds is 10. The van der Waals surface area contributed by atoms with Gasteiger partial charge in [-0.3, -0.25) is 9.59 Å². The minimum atomic E-state index is -0.616. The number of carbonyl (C=O) groups is 2. The fourth-order valence-corrected chi connectivity index (χ4v) is 4.25. The van der Waals surface area contributed by atoms with Crippen LogP contribution >= 0.6 is 0 Å². The van der Waals surface area contributed by atoms with Crippen LogP contribution in [0.3, 0.4) is 0 Å². The molecule has 33 heavy (non-hydrogen) atoms. The second kappa shape index (κ2) is 11.8. The molecule has 0 aromatic heterocycles. The molecule has 1 aliphatic carbocycles. The van der Waals surface area contributed by atoms with Crippen molar-refractivity contribution >= 4 is 11.8 Å². The monoisotopic (exact) mass is 454 g/mol. The number of amides is 2. The molecule has 0 saturated heterocycles. The van der Waals surface area contributed by atoms with Crippen LogP contribution in [0.1, 0.15) is 69.9 Å². The van der Waals surface area contributed by atoms with E-state index in [0.717, 1.165) is 31.2 Å². The number of nitrogens with one attached hydrogen (secondary N) is 1. The molecule has 1 atom stereocenters. The fraction of sp³-hybridized carbons (Fsp3) is 0.481. The predicted octanol–water partition coefficient (Wildman–Crippen LogP) is 5.19. The number of hydrogen-bond acceptors (Lipinski definition) is 3. The minimum Gasteiger partial charge on any atom is -0.484 e. The maximum Gasteiger partial charge on any atom is 0.261 e. The first-order valence-corrected chi connectivity index (χ1v) is 11.9. The van der Waals surface area contributed by atoms with E-state index in [4.69, 9.17) is 4.74 Å². The molecule has 0 unspecified atom stereocenters. The highest BCUT2D eigenvalue weighted by Crippen LogP contribution is 2.21. The first-order chi connectivity index (χ1) is 15.9. The Morgan fingerprint density at radius 1 is 1.06 bits per heavy atom. The topological polar surface area (TPSA) is 58.6 Å². The number of benzene rings is 2. The Morgan fingerprint density at radius 3 is 2.27 bits per heavy atom. The molecule has 2 amide bonds. The third-order valence-corrected chi connectivity index (χ3v) is 6.26. The highest BCUT2D eigenvalue weighted by Gasteiger charge is 2.30. The van der Waals surface area contributed by atoms with Crippen LogP contribution in [0.5, 0.6) is 5.75 Å². The third-order valence-electron chi connectivity index (χ3n) is 6.26. The molecule has 178 valence electrons. The molecular weight excluding hydrogens is 419 g/mol. The van der Waals surface area contributed by atoms with Gasteiger partial charge < -0.3 is 15.0 Å². The van der Waals surface area contributed by atoms with Crippen molar-refractivity contribution in [1.29, 1.82) is 0 Å². The number of halogens is 1. The average molecular weight is 455 g/mol. The second-order valence-corrected chi connectivity index (χ2v) is 9.07. The van der Waals surface area contributed by atoms with Crippen LogP contribution in [-0.2, 0) is 16.1 Å². The number of carbonyl (C=O) groups excluding carboxylic acids is 2. The van der Waals surface area contributed by atoms with Gasteiger partial charge in [-0.1, -0.05) is 57.9 Å². The lowest BCUT2D eigenvalue weighted by Crippen LogP contribution is -2.52. The normalized spacial score (nSPS) is 14.8. The molecule has 1 fully saturated rings. The Hall–Kier alpha value is -2.89. The van der Waals surface area contributed by atoms with Crippen LogP contribution in [0.25, 0.3) is 0 Å². The van der Waals surface area contributed by atoms with Gasteiger partial charge in [0.25, 0.3) is 5.91 Å². The highest BCUT2D eigenvalue weighted by molar-refractivity contribution is 5.88. The molecule has 6 heteroatoms. The minimum absolute atomic E-state index is 0.138. The van der Waals surface area contributed by atoms with Crippen molar-refractivity contribution in [2.24, 2.45) is 0 Å². The van der Waals surface area contributed by atoms with Gasteiger partial charge in [-0.25, -0.2) is 4.39 Å². The van der Waals surface area contributed by atoms with Crippen molar-refractivity contribution in [2.75, 3.05) is 6.61 Å². The van der Waals surface area contributed by atoms with Crippen molar-refractivity contribution in [1.82, 2.24) is 10.2 Å². The highest BCUT2D eigenvalue weighted by atomic mass is 19.1. The molecular formula is C27H35FN2O3. The lowest BCUT2D eigenvalue weighted by atomic mass is 10.0. The largest absolute Gasteiger partial charge is 0.484 e. The number of ether oxygens (including phenoxy) is 1. The molecule has 5 nitrogen and oxygen atoms in total. The predicted molar refractivity (Wildman–Crippen MR) is 127 cm³/mol. The van der Waals surface area contributed by atoms with E-state index in [2.05, 4.69) is 19.2 Å². The standard InChI is InChI=1S/C27H35FN2O3/c1-4-25(27(32)29-23-7-5-6-8-23)30(17-20-9-13-22(28)14-10-20)26(31)18-33-24-15-11-21(12-16-24)19(2)3/h9-16,19,23,25H,4-8,17-18H2,1-3H3,(H,29,32)/t25-/m1/s1. The summed E-state index contributed by atoms with van der Waals surface area (Å²) >= 11 is 0. The van der Waals surface area contributed by atoms with Gasteiger partial charge in [-0.05, 0) is 60.6 Å². The second-order valence-electron chi connectivity index (χ2n) is 9.07. The molecule has 1 aliphatic rings. The molecule has 0 heterocycles. The van der Waals surface area contributed by atoms with E-state index in [1.165, 1.54) is 17.7 Å². The first kappa shape index (κ1) is 24.7. The summed E-state index contributed by atoms with van der Waals surface area (Å²) in [7, 11) is 0. The zero-order valence-corrected chi connectivity index (χ0v) is 19.9. The zero-order chi connectivity index (χ0) is 23.8. The maximum atomic E-state index is 13.4. The van der Waals surface area contributed by atoms with Gasteiger partial charge >= 0.3 is 0 Å². The Bertz CT molecular complexity index is 906.